The van der Waals surface area contributed by atoms with E-state index in [0.29, 0.717) is 26.4 Å². The van der Waals surface area contributed by atoms with Crippen molar-refractivity contribution in [2.75, 3.05) is 26.4 Å². The molecule has 0 saturated heterocycles. The molecule has 6 heteroatoms. The highest BCUT2D eigenvalue weighted by atomic mass is 32.1. The van der Waals surface area contributed by atoms with Crippen molar-refractivity contribution in [3.63, 3.8) is 0 Å². The lowest BCUT2D eigenvalue weighted by molar-refractivity contribution is 0.139. The van der Waals surface area contributed by atoms with Gasteiger partial charge in [-0.3, -0.25) is 0 Å². The summed E-state index contributed by atoms with van der Waals surface area (Å²) in [7, 11) is 0. The molecule has 24 heavy (non-hydrogen) atoms. The molecule has 4 nitrogen and oxygen atoms in total. The highest BCUT2D eigenvalue weighted by Crippen LogP contribution is 2.54. The van der Waals surface area contributed by atoms with Gasteiger partial charge < -0.3 is 18.9 Å². The Morgan fingerprint density at radius 2 is 1.04 bits per heavy atom. The van der Waals surface area contributed by atoms with E-state index in [1.807, 2.05) is 10.8 Å². The molecule has 4 rings (SSSR count). The van der Waals surface area contributed by atoms with E-state index in [1.54, 1.807) is 22.7 Å². The molecule has 0 unspecified atom stereocenters. The van der Waals surface area contributed by atoms with Crippen LogP contribution in [0.15, 0.2) is 10.8 Å². The first kappa shape index (κ1) is 16.1. The van der Waals surface area contributed by atoms with Crippen LogP contribution in [0.25, 0.3) is 9.75 Å². The summed E-state index contributed by atoms with van der Waals surface area (Å²) in [6, 6.07) is 0. The monoisotopic (exact) mass is 366 g/mol. The van der Waals surface area contributed by atoms with E-state index in [-0.39, 0.29) is 10.8 Å². The van der Waals surface area contributed by atoms with Gasteiger partial charge in [-0.2, -0.15) is 0 Å². The maximum absolute atomic E-state index is 6.12. The minimum absolute atomic E-state index is 0.00392. The first-order valence-corrected chi connectivity index (χ1v) is 9.85. The van der Waals surface area contributed by atoms with Gasteiger partial charge in [-0.15, -0.1) is 22.7 Å². The van der Waals surface area contributed by atoms with E-state index < -0.39 is 0 Å². The van der Waals surface area contributed by atoms with Crippen molar-refractivity contribution in [1.29, 1.82) is 0 Å². The SMILES string of the molecule is CC1(C)COc2csc(-c3scc4c3OCC(C)(C)CO4)c2OC1. The van der Waals surface area contributed by atoms with Crippen LogP contribution in [0.5, 0.6) is 23.0 Å². The van der Waals surface area contributed by atoms with E-state index in [4.69, 9.17) is 18.9 Å². The van der Waals surface area contributed by atoms with E-state index in [1.165, 1.54) is 0 Å². The van der Waals surface area contributed by atoms with E-state index >= 15 is 0 Å². The lowest BCUT2D eigenvalue weighted by Gasteiger charge is -2.20. The molecule has 0 N–H and O–H groups in total. The molecule has 2 aliphatic heterocycles. The van der Waals surface area contributed by atoms with Crippen LogP contribution in [-0.2, 0) is 0 Å². The van der Waals surface area contributed by atoms with Crippen LogP contribution in [0.4, 0.5) is 0 Å². The Hall–Kier alpha value is -1.40. The van der Waals surface area contributed by atoms with Crippen molar-refractivity contribution >= 4 is 22.7 Å². The number of hydrogen-bond acceptors (Lipinski definition) is 6. The summed E-state index contributed by atoms with van der Waals surface area (Å²) in [6.45, 7) is 11.2. The fraction of sp³-hybridized carbons (Fsp3) is 0.556. The van der Waals surface area contributed by atoms with Crippen molar-refractivity contribution in [1.82, 2.24) is 0 Å². The lowest BCUT2D eigenvalue weighted by Crippen LogP contribution is -2.26. The van der Waals surface area contributed by atoms with Crippen molar-refractivity contribution in [2.24, 2.45) is 10.8 Å². The van der Waals surface area contributed by atoms with Crippen molar-refractivity contribution in [3.8, 4) is 32.8 Å². The average molecular weight is 367 g/mol. The molecule has 0 aromatic carbocycles. The van der Waals surface area contributed by atoms with Crippen LogP contribution >= 0.6 is 22.7 Å². The van der Waals surface area contributed by atoms with Gasteiger partial charge in [0.1, 0.15) is 0 Å². The Morgan fingerprint density at radius 3 is 1.46 bits per heavy atom. The second-order valence-corrected chi connectivity index (χ2v) is 9.76. The summed E-state index contributed by atoms with van der Waals surface area (Å²) < 4.78 is 24.2. The second-order valence-electron chi connectivity index (χ2n) is 8.00. The molecule has 0 radical (unpaired) electrons. The normalized spacial score (nSPS) is 21.0. The first-order chi connectivity index (χ1) is 11.3. The summed E-state index contributed by atoms with van der Waals surface area (Å²) in [6.07, 6.45) is 0. The lowest BCUT2D eigenvalue weighted by atomic mass is 9.96. The third kappa shape index (κ3) is 2.86. The number of ether oxygens (including phenoxy) is 4. The van der Waals surface area contributed by atoms with Crippen LogP contribution < -0.4 is 18.9 Å². The number of fused-ring (bicyclic) bond motifs is 2. The van der Waals surface area contributed by atoms with Crippen LogP contribution in [0, 0.1) is 10.8 Å². The van der Waals surface area contributed by atoms with Gasteiger partial charge in [-0.05, 0) is 0 Å². The maximum atomic E-state index is 6.12. The van der Waals surface area contributed by atoms with Gasteiger partial charge in [0.25, 0.3) is 0 Å². The van der Waals surface area contributed by atoms with Crippen molar-refractivity contribution in [3.05, 3.63) is 10.8 Å². The number of thiophene rings is 2. The third-order valence-corrected chi connectivity index (χ3v) is 6.13. The molecule has 130 valence electrons. The maximum Gasteiger partial charge on any atom is 0.180 e. The fourth-order valence-electron chi connectivity index (χ4n) is 2.61. The molecule has 0 amide bonds. The average Bonchev–Trinajstić information content (AvgIpc) is 3.02. The molecule has 2 aliphatic rings. The molecule has 0 saturated carbocycles. The smallest absolute Gasteiger partial charge is 0.180 e. The molecular weight excluding hydrogens is 344 g/mol. The summed E-state index contributed by atoms with van der Waals surface area (Å²) in [5, 5.41) is 4.05. The molecule has 4 heterocycles. The Labute approximate surface area is 150 Å². The molecule has 0 fully saturated rings. The van der Waals surface area contributed by atoms with Gasteiger partial charge in [0, 0.05) is 21.6 Å². The minimum Gasteiger partial charge on any atom is -0.488 e. The highest BCUT2D eigenvalue weighted by Gasteiger charge is 2.32. The molecule has 0 aliphatic carbocycles. The summed E-state index contributed by atoms with van der Waals surface area (Å²) in [5.41, 5.74) is 0.00784. The zero-order valence-electron chi connectivity index (χ0n) is 14.4. The molecular formula is C18H22O4S2. The second kappa shape index (κ2) is 5.56. The Kier molecular flexibility index (Phi) is 3.73. The molecule has 0 spiro atoms. The molecule has 0 atom stereocenters. The van der Waals surface area contributed by atoms with E-state index in [0.717, 1.165) is 32.8 Å². The third-order valence-electron chi connectivity index (χ3n) is 4.09. The molecule has 2 aromatic heterocycles. The summed E-state index contributed by atoms with van der Waals surface area (Å²) >= 11 is 3.27. The molecule has 2 aromatic rings. The zero-order chi connectivity index (χ0) is 16.9. The van der Waals surface area contributed by atoms with Gasteiger partial charge in [0.15, 0.2) is 23.0 Å². The standard InChI is InChI=1S/C18H22O4S2/c1-17(2)7-19-11-5-23-15(13(11)21-9-17)16-14-12(6-24-16)20-8-18(3,4)10-22-14/h5-6H,7-10H2,1-4H3. The Bertz CT molecular complexity index is 693. The van der Waals surface area contributed by atoms with E-state index in [9.17, 15) is 0 Å². The van der Waals surface area contributed by atoms with Gasteiger partial charge >= 0.3 is 0 Å². The van der Waals surface area contributed by atoms with Crippen LogP contribution in [-0.4, -0.2) is 26.4 Å². The fourth-order valence-corrected chi connectivity index (χ4v) is 4.63. The Balaban J connectivity index is 1.70. The van der Waals surface area contributed by atoms with Crippen molar-refractivity contribution < 1.29 is 18.9 Å². The number of rotatable bonds is 1. The number of hydrogen-bond donors (Lipinski definition) is 0. The van der Waals surface area contributed by atoms with Crippen LogP contribution in [0.2, 0.25) is 0 Å². The summed E-state index contributed by atoms with van der Waals surface area (Å²) in [5.74, 6) is 3.33. The van der Waals surface area contributed by atoms with Gasteiger partial charge in [-0.1, -0.05) is 27.7 Å². The largest absolute Gasteiger partial charge is 0.488 e. The predicted molar refractivity (Wildman–Crippen MR) is 97.2 cm³/mol. The quantitative estimate of drug-likeness (QED) is 0.706. The first-order valence-electron chi connectivity index (χ1n) is 8.09. The predicted octanol–water partition coefficient (Wildman–Crippen LogP) is 5.07. The van der Waals surface area contributed by atoms with Gasteiger partial charge in [0.2, 0.25) is 0 Å². The topological polar surface area (TPSA) is 36.9 Å². The minimum atomic E-state index is 0.00392. The van der Waals surface area contributed by atoms with Crippen molar-refractivity contribution in [2.45, 2.75) is 27.7 Å². The van der Waals surface area contributed by atoms with Crippen LogP contribution in [0.3, 0.4) is 0 Å². The molecule has 0 bridgehead atoms. The van der Waals surface area contributed by atoms with E-state index in [2.05, 4.69) is 27.7 Å². The van der Waals surface area contributed by atoms with Crippen LogP contribution in [0.1, 0.15) is 27.7 Å². The van der Waals surface area contributed by atoms with Gasteiger partial charge in [-0.25, -0.2) is 0 Å². The zero-order valence-corrected chi connectivity index (χ0v) is 16.1. The van der Waals surface area contributed by atoms with Gasteiger partial charge in [0.05, 0.1) is 36.2 Å². The highest BCUT2D eigenvalue weighted by molar-refractivity contribution is 7.21. The Morgan fingerprint density at radius 1 is 0.667 bits per heavy atom. The summed E-state index contributed by atoms with van der Waals surface area (Å²) in [4.78, 5) is 2.13.